The van der Waals surface area contributed by atoms with Crippen molar-refractivity contribution in [2.24, 2.45) is 0 Å². The lowest BCUT2D eigenvalue weighted by Crippen LogP contribution is -3.08. The van der Waals surface area contributed by atoms with Gasteiger partial charge in [0.2, 0.25) is 0 Å². The van der Waals surface area contributed by atoms with Crippen molar-refractivity contribution in [2.75, 3.05) is 18.9 Å². The fraction of sp³-hybridized carbons (Fsp3) is 0.136. The molecule has 4 heteroatoms. The van der Waals surface area contributed by atoms with Gasteiger partial charge < -0.3 is 15.0 Å². The molecular weight excluding hydrogens is 324 g/mol. The van der Waals surface area contributed by atoms with E-state index in [9.17, 15) is 4.79 Å². The molecule has 132 valence electrons. The molecule has 3 rings (SSSR count). The summed E-state index contributed by atoms with van der Waals surface area (Å²) in [6, 6.07) is 27.2. The first-order valence-electron chi connectivity index (χ1n) is 8.68. The number of anilines is 1. The number of para-hydroxylation sites is 3. The van der Waals surface area contributed by atoms with E-state index in [0.29, 0.717) is 18.0 Å². The van der Waals surface area contributed by atoms with Crippen LogP contribution in [0.25, 0.3) is 0 Å². The maximum atomic E-state index is 12.4. The topological polar surface area (TPSA) is 42.8 Å². The van der Waals surface area contributed by atoms with Crippen molar-refractivity contribution >= 4 is 11.6 Å². The smallest absolute Gasteiger partial charge is 0.279 e. The Hall–Kier alpha value is -3.11. The summed E-state index contributed by atoms with van der Waals surface area (Å²) in [6.07, 6.45) is 0. The number of nitrogens with one attached hydrogen (secondary N) is 2. The van der Waals surface area contributed by atoms with Crippen molar-refractivity contribution in [3.05, 3.63) is 90.5 Å². The number of hydrogen-bond donors (Lipinski definition) is 2. The fourth-order valence-corrected chi connectivity index (χ4v) is 2.75. The fourth-order valence-electron chi connectivity index (χ4n) is 2.75. The van der Waals surface area contributed by atoms with Crippen molar-refractivity contribution in [1.82, 2.24) is 0 Å². The molecule has 3 aromatic rings. The van der Waals surface area contributed by atoms with Gasteiger partial charge in [-0.1, -0.05) is 60.7 Å². The van der Waals surface area contributed by atoms with Crippen LogP contribution >= 0.6 is 0 Å². The molecule has 3 aromatic carbocycles. The minimum absolute atomic E-state index is 0.0393. The van der Waals surface area contributed by atoms with Gasteiger partial charge in [-0.2, -0.15) is 0 Å². The van der Waals surface area contributed by atoms with Gasteiger partial charge in [0.05, 0.1) is 12.7 Å². The van der Waals surface area contributed by atoms with E-state index in [2.05, 4.69) is 17.4 Å². The average Bonchev–Trinajstić information content (AvgIpc) is 2.65. The van der Waals surface area contributed by atoms with Gasteiger partial charge >= 0.3 is 0 Å². The third kappa shape index (κ3) is 5.19. The normalized spacial score (nSPS) is 11.6. The molecule has 0 radical (unpaired) electrons. The summed E-state index contributed by atoms with van der Waals surface area (Å²) in [5.74, 6) is 1.33. The van der Waals surface area contributed by atoms with E-state index < -0.39 is 0 Å². The lowest BCUT2D eigenvalue weighted by molar-refractivity contribution is -0.885. The minimum atomic E-state index is -0.0393. The second-order valence-corrected chi connectivity index (χ2v) is 6.26. The van der Waals surface area contributed by atoms with Crippen LogP contribution < -0.4 is 15.0 Å². The highest BCUT2D eigenvalue weighted by Gasteiger charge is 2.13. The van der Waals surface area contributed by atoms with E-state index >= 15 is 0 Å². The summed E-state index contributed by atoms with van der Waals surface area (Å²) >= 11 is 0. The van der Waals surface area contributed by atoms with Gasteiger partial charge in [0.1, 0.15) is 12.3 Å². The minimum Gasteiger partial charge on any atom is -0.455 e. The van der Waals surface area contributed by atoms with E-state index in [1.54, 1.807) is 0 Å². The average molecular weight is 347 g/mol. The van der Waals surface area contributed by atoms with Crippen molar-refractivity contribution < 1.29 is 14.4 Å². The Kier molecular flexibility index (Phi) is 6.01. The quantitative estimate of drug-likeness (QED) is 0.690. The van der Waals surface area contributed by atoms with Gasteiger partial charge in [0.25, 0.3) is 5.91 Å². The molecule has 0 heterocycles. The van der Waals surface area contributed by atoms with Crippen molar-refractivity contribution in [3.63, 3.8) is 0 Å². The van der Waals surface area contributed by atoms with Gasteiger partial charge in [-0.05, 0) is 24.3 Å². The second-order valence-electron chi connectivity index (χ2n) is 6.26. The summed E-state index contributed by atoms with van der Waals surface area (Å²) in [5.41, 5.74) is 1.89. The third-order valence-electron chi connectivity index (χ3n) is 3.94. The third-order valence-corrected chi connectivity index (χ3v) is 3.94. The molecule has 1 atom stereocenters. The SMILES string of the molecule is C[NH+](CC(=O)Nc1ccccc1Oc1ccccc1)Cc1ccccc1. The van der Waals surface area contributed by atoms with E-state index in [-0.39, 0.29) is 5.91 Å². The number of carbonyl (C=O) groups excluding carboxylic acids is 1. The van der Waals surface area contributed by atoms with Crippen LogP contribution in [-0.4, -0.2) is 19.5 Å². The zero-order valence-electron chi connectivity index (χ0n) is 14.8. The Morgan fingerprint density at radius 1 is 0.885 bits per heavy atom. The molecule has 26 heavy (non-hydrogen) atoms. The number of likely N-dealkylation sites (N-methyl/N-ethyl adjacent to an activating group) is 1. The van der Waals surface area contributed by atoms with Crippen LogP contribution in [0.5, 0.6) is 11.5 Å². The Morgan fingerprint density at radius 2 is 1.50 bits per heavy atom. The van der Waals surface area contributed by atoms with E-state index in [1.807, 2.05) is 79.8 Å². The number of hydrogen-bond acceptors (Lipinski definition) is 2. The van der Waals surface area contributed by atoms with Gasteiger partial charge in [0.15, 0.2) is 12.3 Å². The lowest BCUT2D eigenvalue weighted by Gasteiger charge is -2.15. The van der Waals surface area contributed by atoms with E-state index in [4.69, 9.17) is 4.74 Å². The molecule has 0 saturated carbocycles. The number of benzene rings is 3. The molecule has 0 fully saturated rings. The Balaban J connectivity index is 1.60. The molecule has 0 aliphatic carbocycles. The molecule has 0 bridgehead atoms. The van der Waals surface area contributed by atoms with Gasteiger partial charge in [0, 0.05) is 5.56 Å². The molecule has 0 aliphatic heterocycles. The summed E-state index contributed by atoms with van der Waals surface area (Å²) in [5, 5.41) is 2.96. The number of rotatable bonds is 7. The van der Waals surface area contributed by atoms with Crippen LogP contribution in [0.3, 0.4) is 0 Å². The van der Waals surface area contributed by atoms with Crippen LogP contribution in [-0.2, 0) is 11.3 Å². The predicted octanol–water partition coefficient (Wildman–Crippen LogP) is 3.13. The van der Waals surface area contributed by atoms with E-state index in [1.165, 1.54) is 5.56 Å². The summed E-state index contributed by atoms with van der Waals surface area (Å²) in [4.78, 5) is 13.6. The van der Waals surface area contributed by atoms with Crippen molar-refractivity contribution in [2.45, 2.75) is 6.54 Å². The highest BCUT2D eigenvalue weighted by Crippen LogP contribution is 2.28. The van der Waals surface area contributed by atoms with Crippen LogP contribution in [0.15, 0.2) is 84.9 Å². The zero-order valence-corrected chi connectivity index (χ0v) is 14.8. The Bertz CT molecular complexity index is 835. The Morgan fingerprint density at radius 3 is 2.23 bits per heavy atom. The van der Waals surface area contributed by atoms with Gasteiger partial charge in [-0.25, -0.2) is 0 Å². The molecule has 2 N–H and O–H groups in total. The summed E-state index contributed by atoms with van der Waals surface area (Å²) in [7, 11) is 2.01. The molecule has 1 unspecified atom stereocenters. The van der Waals surface area contributed by atoms with Crippen LogP contribution in [0, 0.1) is 0 Å². The first-order valence-corrected chi connectivity index (χ1v) is 8.68. The second kappa shape index (κ2) is 8.83. The predicted molar refractivity (Wildman–Crippen MR) is 103 cm³/mol. The maximum absolute atomic E-state index is 12.4. The summed E-state index contributed by atoms with van der Waals surface area (Å²) in [6.45, 7) is 1.19. The number of quaternary nitrogens is 1. The van der Waals surface area contributed by atoms with Crippen LogP contribution in [0.4, 0.5) is 5.69 Å². The Labute approximate surface area is 154 Å². The molecule has 0 spiro atoms. The highest BCUT2D eigenvalue weighted by atomic mass is 16.5. The molecule has 4 nitrogen and oxygen atoms in total. The highest BCUT2D eigenvalue weighted by molar-refractivity contribution is 5.93. The molecule has 1 amide bonds. The molecular formula is C22H23N2O2+. The molecule has 0 aromatic heterocycles. The zero-order chi connectivity index (χ0) is 18.2. The van der Waals surface area contributed by atoms with E-state index in [0.717, 1.165) is 17.2 Å². The first-order chi connectivity index (χ1) is 12.7. The summed E-state index contributed by atoms with van der Waals surface area (Å²) < 4.78 is 5.89. The number of amides is 1. The largest absolute Gasteiger partial charge is 0.455 e. The maximum Gasteiger partial charge on any atom is 0.279 e. The monoisotopic (exact) mass is 347 g/mol. The molecule has 0 aliphatic rings. The van der Waals surface area contributed by atoms with Crippen LogP contribution in [0.1, 0.15) is 5.56 Å². The van der Waals surface area contributed by atoms with Gasteiger partial charge in [-0.3, -0.25) is 4.79 Å². The first kappa shape index (κ1) is 17.7. The lowest BCUT2D eigenvalue weighted by atomic mass is 10.2. The molecule has 0 saturated heterocycles. The number of ether oxygens (including phenoxy) is 1. The van der Waals surface area contributed by atoms with Gasteiger partial charge in [-0.15, -0.1) is 0 Å². The van der Waals surface area contributed by atoms with Crippen LogP contribution in [0.2, 0.25) is 0 Å². The van der Waals surface area contributed by atoms with Crippen molar-refractivity contribution in [3.8, 4) is 11.5 Å². The number of carbonyl (C=O) groups is 1. The standard InChI is InChI=1S/C22H22N2O2/c1-24(16-18-10-4-2-5-11-18)17-22(25)23-20-14-8-9-15-21(20)26-19-12-6-3-7-13-19/h2-15H,16-17H2,1H3,(H,23,25)/p+1. The van der Waals surface area contributed by atoms with Crippen molar-refractivity contribution in [1.29, 1.82) is 0 Å².